The quantitative estimate of drug-likeness (QED) is 0.126. The highest BCUT2D eigenvalue weighted by Gasteiger charge is 2.32. The maximum atomic E-state index is 6.88. The number of rotatable bonds is 11. The molecule has 0 saturated heterocycles. The van der Waals surface area contributed by atoms with Crippen molar-refractivity contribution < 1.29 is 4.74 Å². The number of fused-ring (bicyclic) bond motifs is 3. The van der Waals surface area contributed by atoms with E-state index in [1.54, 1.807) is 0 Å². The number of para-hydroxylation sites is 1. The van der Waals surface area contributed by atoms with Crippen molar-refractivity contribution in [3.63, 3.8) is 0 Å². The lowest BCUT2D eigenvalue weighted by Crippen LogP contribution is -2.21. The molecule has 0 bridgehead atoms. The predicted octanol–water partition coefficient (Wildman–Crippen LogP) is 13.2. The Morgan fingerprint density at radius 3 is 2.32 bits per heavy atom. The number of hydrogen-bond donors (Lipinski definition) is 0. The van der Waals surface area contributed by atoms with E-state index in [1.165, 1.54) is 58.0 Å². The fraction of sp³-hybridized carbons (Fsp3) is 0.417. The second-order valence-electron chi connectivity index (χ2n) is 16.8. The summed E-state index contributed by atoms with van der Waals surface area (Å²) in [5, 5.41) is 7.73. The summed E-state index contributed by atoms with van der Waals surface area (Å²) in [5.41, 5.74) is 11.2. The fourth-order valence-corrected chi connectivity index (χ4v) is 8.81. The van der Waals surface area contributed by atoms with Crippen molar-refractivity contribution in [2.75, 3.05) is 0 Å². The standard InChI is InChI=1S/C48H58N4O/c1-10-12-16-35-22-23-49-45(26-35)51-42-19-15-14-17-40(42)41-21-20-38(30-44(41)51)53-39-28-36(48(7,8)9)27-37(29-39)52-43(18-13-11-2)47(34(6)50-52)46-32(4)24-31(3)25-33(46)5/h14-15,17,19-24,26-31,33,46H,10-13,16,18,25H2,1-9H3/t31-,33-,46?/m0/s1. The van der Waals surface area contributed by atoms with Gasteiger partial charge in [-0.2, -0.15) is 5.10 Å². The topological polar surface area (TPSA) is 44.9 Å². The van der Waals surface area contributed by atoms with Crippen LogP contribution in [0.4, 0.5) is 0 Å². The minimum absolute atomic E-state index is 0.0824. The first-order valence-corrected chi connectivity index (χ1v) is 20.1. The van der Waals surface area contributed by atoms with Gasteiger partial charge < -0.3 is 4.74 Å². The number of aromatic nitrogens is 4. The average molecular weight is 707 g/mol. The summed E-state index contributed by atoms with van der Waals surface area (Å²) in [6, 6.07) is 26.2. The number of unbranched alkanes of at least 4 members (excludes halogenated alkanes) is 2. The molecular formula is C48H58N4O. The van der Waals surface area contributed by atoms with E-state index in [0.29, 0.717) is 17.8 Å². The van der Waals surface area contributed by atoms with E-state index >= 15 is 0 Å². The van der Waals surface area contributed by atoms with Crippen LogP contribution in [0.1, 0.15) is 121 Å². The molecule has 5 heteroatoms. The zero-order valence-electron chi connectivity index (χ0n) is 33.5. The van der Waals surface area contributed by atoms with Gasteiger partial charge in [0.05, 0.1) is 22.4 Å². The number of allylic oxidation sites excluding steroid dienone is 2. The van der Waals surface area contributed by atoms with E-state index in [1.807, 2.05) is 6.20 Å². The summed E-state index contributed by atoms with van der Waals surface area (Å²) in [4.78, 5) is 4.88. The molecule has 0 amide bonds. The van der Waals surface area contributed by atoms with Crippen molar-refractivity contribution in [2.24, 2.45) is 11.8 Å². The summed E-state index contributed by atoms with van der Waals surface area (Å²) in [5.74, 6) is 4.15. The van der Waals surface area contributed by atoms with Crippen molar-refractivity contribution in [1.29, 1.82) is 0 Å². The van der Waals surface area contributed by atoms with Crippen molar-refractivity contribution in [2.45, 2.75) is 119 Å². The van der Waals surface area contributed by atoms with Crippen LogP contribution < -0.4 is 4.74 Å². The van der Waals surface area contributed by atoms with Crippen molar-refractivity contribution >= 4 is 21.8 Å². The molecule has 1 unspecified atom stereocenters. The van der Waals surface area contributed by atoms with Gasteiger partial charge in [0.15, 0.2) is 0 Å². The molecule has 5 nitrogen and oxygen atoms in total. The first-order valence-electron chi connectivity index (χ1n) is 20.1. The third kappa shape index (κ3) is 7.32. The highest BCUT2D eigenvalue weighted by atomic mass is 16.5. The van der Waals surface area contributed by atoms with Gasteiger partial charge in [0, 0.05) is 46.3 Å². The predicted molar refractivity (Wildman–Crippen MR) is 222 cm³/mol. The van der Waals surface area contributed by atoms with Crippen LogP contribution >= 0.6 is 0 Å². The van der Waals surface area contributed by atoms with Gasteiger partial charge in [-0.1, -0.05) is 91.2 Å². The van der Waals surface area contributed by atoms with Gasteiger partial charge in [-0.05, 0) is 117 Å². The van der Waals surface area contributed by atoms with Crippen molar-refractivity contribution in [3.8, 4) is 23.0 Å². The molecule has 7 rings (SSSR count). The van der Waals surface area contributed by atoms with Gasteiger partial charge in [-0.25, -0.2) is 9.67 Å². The molecule has 1 aliphatic rings. The van der Waals surface area contributed by atoms with E-state index in [4.69, 9.17) is 14.8 Å². The number of pyridine rings is 1. The number of hydrogen-bond acceptors (Lipinski definition) is 3. The molecule has 0 saturated carbocycles. The number of nitrogens with zero attached hydrogens (tertiary/aromatic N) is 4. The van der Waals surface area contributed by atoms with E-state index in [2.05, 4.69) is 150 Å². The summed E-state index contributed by atoms with van der Waals surface area (Å²) >= 11 is 0. The van der Waals surface area contributed by atoms with E-state index in [-0.39, 0.29) is 5.41 Å². The lowest BCUT2D eigenvalue weighted by atomic mass is 9.72. The number of benzene rings is 3. The molecule has 3 aromatic heterocycles. The van der Waals surface area contributed by atoms with Crippen molar-refractivity contribution in [1.82, 2.24) is 19.3 Å². The number of ether oxygens (including phenoxy) is 1. The minimum atomic E-state index is -0.0824. The summed E-state index contributed by atoms with van der Waals surface area (Å²) in [6.07, 6.45) is 12.3. The second kappa shape index (κ2) is 15.0. The van der Waals surface area contributed by atoms with Gasteiger partial charge in [0.2, 0.25) is 0 Å². The molecule has 3 atom stereocenters. The van der Waals surface area contributed by atoms with Crippen LogP contribution in [0.3, 0.4) is 0 Å². The monoisotopic (exact) mass is 706 g/mol. The van der Waals surface area contributed by atoms with Crippen LogP contribution in [-0.4, -0.2) is 19.3 Å². The largest absolute Gasteiger partial charge is 0.457 e. The zero-order valence-corrected chi connectivity index (χ0v) is 33.5. The van der Waals surface area contributed by atoms with Crippen LogP contribution in [0.2, 0.25) is 0 Å². The van der Waals surface area contributed by atoms with E-state index in [0.717, 1.165) is 65.4 Å². The molecule has 6 aromatic rings. The highest BCUT2D eigenvalue weighted by Crippen LogP contribution is 2.44. The molecule has 276 valence electrons. The van der Waals surface area contributed by atoms with Crippen LogP contribution in [0.15, 0.2) is 90.6 Å². The summed E-state index contributed by atoms with van der Waals surface area (Å²) < 4.78 is 11.4. The first kappa shape index (κ1) is 36.7. The lowest BCUT2D eigenvalue weighted by molar-refractivity contribution is 0.389. The average Bonchev–Trinajstić information content (AvgIpc) is 3.62. The Balaban J connectivity index is 1.34. The van der Waals surface area contributed by atoms with Crippen LogP contribution in [0.25, 0.3) is 33.3 Å². The molecule has 3 aromatic carbocycles. The Kier molecular flexibility index (Phi) is 10.4. The van der Waals surface area contributed by atoms with Crippen LogP contribution in [0.5, 0.6) is 11.5 Å². The van der Waals surface area contributed by atoms with Gasteiger partial charge in [0.25, 0.3) is 0 Å². The van der Waals surface area contributed by atoms with Gasteiger partial charge in [0.1, 0.15) is 17.3 Å². The Labute approximate surface area is 317 Å². The Hall–Kier alpha value is -4.64. The highest BCUT2D eigenvalue weighted by molar-refractivity contribution is 6.09. The van der Waals surface area contributed by atoms with Gasteiger partial charge in [-0.15, -0.1) is 0 Å². The third-order valence-electron chi connectivity index (χ3n) is 11.4. The molecule has 0 fully saturated rings. The zero-order chi connectivity index (χ0) is 37.4. The van der Waals surface area contributed by atoms with Crippen LogP contribution in [0, 0.1) is 18.8 Å². The fourth-order valence-electron chi connectivity index (χ4n) is 8.81. The van der Waals surface area contributed by atoms with Crippen LogP contribution in [-0.2, 0) is 18.3 Å². The summed E-state index contributed by atoms with van der Waals surface area (Å²) in [6.45, 7) is 20.7. The molecule has 53 heavy (non-hydrogen) atoms. The first-order chi connectivity index (χ1) is 25.5. The number of aryl methyl sites for hydroxylation is 2. The van der Waals surface area contributed by atoms with Gasteiger partial charge >= 0.3 is 0 Å². The van der Waals surface area contributed by atoms with E-state index < -0.39 is 0 Å². The Morgan fingerprint density at radius 2 is 1.57 bits per heavy atom. The minimum Gasteiger partial charge on any atom is -0.457 e. The molecule has 0 N–H and O–H groups in total. The molecule has 0 aliphatic heterocycles. The molecular weight excluding hydrogens is 649 g/mol. The van der Waals surface area contributed by atoms with E-state index in [9.17, 15) is 0 Å². The molecule has 0 spiro atoms. The molecule has 0 radical (unpaired) electrons. The van der Waals surface area contributed by atoms with Crippen molar-refractivity contribution in [3.05, 3.63) is 119 Å². The Bertz CT molecular complexity index is 2280. The lowest BCUT2D eigenvalue weighted by Gasteiger charge is -2.32. The third-order valence-corrected chi connectivity index (χ3v) is 11.4. The maximum Gasteiger partial charge on any atom is 0.137 e. The molecule has 3 heterocycles. The summed E-state index contributed by atoms with van der Waals surface area (Å²) in [7, 11) is 0. The smallest absolute Gasteiger partial charge is 0.137 e. The SMILES string of the molecule is CCCCc1ccnc(-n2c3ccccc3c3ccc(Oc4cc(-n5nc(C)c(C6C(C)=C[C@H](C)C[C@@H]6C)c5CCCC)cc(C(C)(C)C)c4)cc32)c1. The second-order valence-corrected chi connectivity index (χ2v) is 16.8. The molecule has 1 aliphatic carbocycles. The Morgan fingerprint density at radius 1 is 0.811 bits per heavy atom. The van der Waals surface area contributed by atoms with Gasteiger partial charge in [-0.3, -0.25) is 4.57 Å². The normalized spacial score (nSPS) is 17.8. The maximum absolute atomic E-state index is 6.88.